The number of hydrogen-bond acceptors (Lipinski definition) is 5. The molecule has 12 unspecified atom stereocenters. The lowest BCUT2D eigenvalue weighted by molar-refractivity contribution is -0.204. The van der Waals surface area contributed by atoms with Crippen molar-refractivity contribution >= 4 is 0 Å². The molecule has 0 radical (unpaired) electrons. The molecule has 0 bridgehead atoms. The molecule has 0 aromatic rings. The molecule has 5 aliphatic rings. The molecule has 1 heterocycles. The Balaban J connectivity index is 1.27. The third-order valence-electron chi connectivity index (χ3n) is 11.9. The van der Waals surface area contributed by atoms with Crippen molar-refractivity contribution in [3.05, 3.63) is 23.8 Å². The molecule has 5 rings (SSSR count). The van der Waals surface area contributed by atoms with E-state index in [-0.39, 0.29) is 24.2 Å². The highest BCUT2D eigenvalue weighted by molar-refractivity contribution is 5.28. The molecule has 1 aliphatic heterocycles. The van der Waals surface area contributed by atoms with Crippen LogP contribution in [0.3, 0.4) is 0 Å². The molecule has 4 aliphatic carbocycles. The van der Waals surface area contributed by atoms with Crippen LogP contribution >= 0.6 is 0 Å². The van der Waals surface area contributed by atoms with Crippen LogP contribution in [-0.2, 0) is 9.47 Å². The Morgan fingerprint density at radius 2 is 1.76 bits per heavy atom. The summed E-state index contributed by atoms with van der Waals surface area (Å²) in [5.74, 6) is 3.91. The Bertz CT molecular complexity index is 883. The van der Waals surface area contributed by atoms with E-state index in [1.165, 1.54) is 50.5 Å². The Hall–Kier alpha value is -0.720. The summed E-state index contributed by atoms with van der Waals surface area (Å²) in [5, 5.41) is 31.1. The highest BCUT2D eigenvalue weighted by atomic mass is 16.7. The molecular weight excluding hydrogens is 476 g/mol. The fraction of sp³-hybridized carbons (Fsp3) is 0.879. The average molecular weight is 531 g/mol. The summed E-state index contributed by atoms with van der Waals surface area (Å²) >= 11 is 0. The van der Waals surface area contributed by atoms with Crippen LogP contribution in [0.1, 0.15) is 98.8 Å². The van der Waals surface area contributed by atoms with Gasteiger partial charge in [-0.05, 0) is 97.4 Å². The van der Waals surface area contributed by atoms with Gasteiger partial charge in [0.25, 0.3) is 0 Å². The number of fused-ring (bicyclic) bond motifs is 5. The Kier molecular flexibility index (Phi) is 8.55. The molecule has 38 heavy (non-hydrogen) atoms. The van der Waals surface area contributed by atoms with E-state index in [9.17, 15) is 15.3 Å². The normalized spacial score (nSPS) is 47.3. The minimum Gasteiger partial charge on any atom is -0.394 e. The molecule has 0 aromatic carbocycles. The quantitative estimate of drug-likeness (QED) is 0.335. The van der Waals surface area contributed by atoms with Gasteiger partial charge in [0.2, 0.25) is 0 Å². The number of rotatable bonds is 8. The molecule has 0 spiro atoms. The van der Waals surface area contributed by atoms with E-state index in [0.29, 0.717) is 23.2 Å². The second-order valence-corrected chi connectivity index (χ2v) is 14.5. The first-order valence-corrected chi connectivity index (χ1v) is 15.7. The molecule has 0 amide bonds. The molecular formula is C33H54O5. The van der Waals surface area contributed by atoms with Crippen molar-refractivity contribution in [1.29, 1.82) is 0 Å². The highest BCUT2D eigenvalue weighted by Crippen LogP contribution is 2.67. The van der Waals surface area contributed by atoms with E-state index >= 15 is 0 Å². The van der Waals surface area contributed by atoms with Crippen LogP contribution in [0.25, 0.3) is 0 Å². The molecule has 3 N–H and O–H groups in total. The highest BCUT2D eigenvalue weighted by Gasteiger charge is 2.61. The van der Waals surface area contributed by atoms with Gasteiger partial charge in [-0.3, -0.25) is 0 Å². The zero-order chi connectivity index (χ0) is 27.2. The van der Waals surface area contributed by atoms with Gasteiger partial charge in [0.05, 0.1) is 18.8 Å². The van der Waals surface area contributed by atoms with Gasteiger partial charge in [-0.15, -0.1) is 0 Å². The van der Waals surface area contributed by atoms with E-state index in [4.69, 9.17) is 9.47 Å². The van der Waals surface area contributed by atoms with Crippen LogP contribution in [0.15, 0.2) is 23.8 Å². The predicted octanol–water partition coefficient (Wildman–Crippen LogP) is 6.02. The molecule has 216 valence electrons. The fourth-order valence-corrected chi connectivity index (χ4v) is 9.80. The molecule has 3 saturated carbocycles. The molecule has 3 fully saturated rings. The average Bonchev–Trinajstić information content (AvgIpc) is 3.23. The van der Waals surface area contributed by atoms with Gasteiger partial charge in [0, 0.05) is 0 Å². The van der Waals surface area contributed by atoms with Gasteiger partial charge in [-0.1, -0.05) is 71.6 Å². The zero-order valence-corrected chi connectivity index (χ0v) is 24.5. The van der Waals surface area contributed by atoms with Crippen molar-refractivity contribution in [3.63, 3.8) is 0 Å². The standard InChI is InChI=1S/C33H54O5/c1-20(2)7-6-8-21(3)24-9-10-25-31-26(14-16-33(24,25)5)32(4)15-13-23(17-22(32)18-28(31)36)37-30-12-11-27(35)29(19-34)38-30/h11-12,18,20-21,23-31,34-36H,6-10,13-17,19H2,1-5H3. The smallest absolute Gasteiger partial charge is 0.177 e. The van der Waals surface area contributed by atoms with Crippen LogP contribution < -0.4 is 0 Å². The summed E-state index contributed by atoms with van der Waals surface area (Å²) in [6.45, 7) is 12.0. The van der Waals surface area contributed by atoms with Crippen molar-refractivity contribution in [2.45, 2.75) is 130 Å². The topological polar surface area (TPSA) is 79.2 Å². The summed E-state index contributed by atoms with van der Waals surface area (Å²) in [7, 11) is 0. The van der Waals surface area contributed by atoms with Crippen molar-refractivity contribution in [1.82, 2.24) is 0 Å². The largest absolute Gasteiger partial charge is 0.394 e. The van der Waals surface area contributed by atoms with Gasteiger partial charge >= 0.3 is 0 Å². The van der Waals surface area contributed by atoms with Crippen molar-refractivity contribution in [2.75, 3.05) is 6.61 Å². The first-order valence-electron chi connectivity index (χ1n) is 15.7. The summed E-state index contributed by atoms with van der Waals surface area (Å²) in [5.41, 5.74) is 1.88. The van der Waals surface area contributed by atoms with Crippen LogP contribution in [0.4, 0.5) is 0 Å². The maximum absolute atomic E-state index is 11.6. The van der Waals surface area contributed by atoms with E-state index in [2.05, 4.69) is 40.7 Å². The van der Waals surface area contributed by atoms with Crippen molar-refractivity contribution < 1.29 is 24.8 Å². The first-order chi connectivity index (χ1) is 18.1. The molecule has 5 heteroatoms. The third-order valence-corrected chi connectivity index (χ3v) is 11.9. The summed E-state index contributed by atoms with van der Waals surface area (Å²) in [6, 6.07) is 0. The molecule has 12 atom stereocenters. The van der Waals surface area contributed by atoms with E-state index in [0.717, 1.165) is 37.0 Å². The SMILES string of the molecule is CC(C)CCCC(C)C1CCC2C3C(O)C=C4CC(OC5C=CC(O)C(CO)O5)CCC4(C)C3CCC12C. The lowest BCUT2D eigenvalue weighted by Gasteiger charge is -2.59. The van der Waals surface area contributed by atoms with E-state index in [1.54, 1.807) is 12.2 Å². The minimum atomic E-state index is -0.794. The molecule has 5 nitrogen and oxygen atoms in total. The van der Waals surface area contributed by atoms with Gasteiger partial charge in [-0.25, -0.2) is 0 Å². The third kappa shape index (κ3) is 5.20. The molecule has 0 aromatic heterocycles. The number of aliphatic hydroxyl groups excluding tert-OH is 3. The lowest BCUT2D eigenvalue weighted by Crippen LogP contribution is -2.55. The summed E-state index contributed by atoms with van der Waals surface area (Å²) in [4.78, 5) is 0. The van der Waals surface area contributed by atoms with E-state index in [1.807, 2.05) is 0 Å². The van der Waals surface area contributed by atoms with Gasteiger partial charge in [0.15, 0.2) is 6.29 Å². The number of aliphatic hydroxyl groups is 3. The number of hydrogen-bond donors (Lipinski definition) is 3. The van der Waals surface area contributed by atoms with Gasteiger partial charge in [0.1, 0.15) is 12.2 Å². The van der Waals surface area contributed by atoms with Gasteiger partial charge < -0.3 is 24.8 Å². The predicted molar refractivity (Wildman–Crippen MR) is 150 cm³/mol. The Morgan fingerprint density at radius 3 is 2.50 bits per heavy atom. The van der Waals surface area contributed by atoms with Crippen LogP contribution in [0.5, 0.6) is 0 Å². The first kappa shape index (κ1) is 28.8. The summed E-state index contributed by atoms with van der Waals surface area (Å²) < 4.78 is 12.1. The van der Waals surface area contributed by atoms with E-state index < -0.39 is 18.5 Å². The lowest BCUT2D eigenvalue weighted by atomic mass is 9.46. The zero-order valence-electron chi connectivity index (χ0n) is 24.5. The van der Waals surface area contributed by atoms with Crippen molar-refractivity contribution in [3.8, 4) is 0 Å². The van der Waals surface area contributed by atoms with Crippen LogP contribution in [0.2, 0.25) is 0 Å². The summed E-state index contributed by atoms with van der Waals surface area (Å²) in [6.07, 6.45) is 15.4. The Morgan fingerprint density at radius 1 is 0.974 bits per heavy atom. The monoisotopic (exact) mass is 530 g/mol. The molecule has 0 saturated heterocycles. The minimum absolute atomic E-state index is 0.0266. The second-order valence-electron chi connectivity index (χ2n) is 14.5. The Labute approximate surface area is 231 Å². The fourth-order valence-electron chi connectivity index (χ4n) is 9.80. The van der Waals surface area contributed by atoms with Crippen LogP contribution in [0, 0.1) is 46.3 Å². The van der Waals surface area contributed by atoms with Gasteiger partial charge in [-0.2, -0.15) is 0 Å². The second kappa shape index (κ2) is 11.3. The van der Waals surface area contributed by atoms with Crippen LogP contribution in [-0.4, -0.2) is 52.6 Å². The maximum atomic E-state index is 11.6. The van der Waals surface area contributed by atoms with Crippen molar-refractivity contribution in [2.24, 2.45) is 46.3 Å². The maximum Gasteiger partial charge on any atom is 0.177 e. The number of ether oxygens (including phenoxy) is 2.